The predicted octanol–water partition coefficient (Wildman–Crippen LogP) is 1.73. The van der Waals surface area contributed by atoms with Crippen molar-refractivity contribution >= 4 is 23.3 Å². The molecule has 0 saturated carbocycles. The van der Waals surface area contributed by atoms with E-state index in [0.717, 1.165) is 0 Å². The number of ketones is 1. The molecular weight excluding hydrogens is 298 g/mol. The van der Waals surface area contributed by atoms with Crippen molar-refractivity contribution in [2.75, 3.05) is 18.6 Å². The third-order valence-corrected chi connectivity index (χ3v) is 3.78. The summed E-state index contributed by atoms with van der Waals surface area (Å²) >= 11 is 0. The first-order chi connectivity index (χ1) is 11.0. The SMILES string of the molecule is C=CCOC(=O)C1C(C(C)=O)CC(=O)N1c1ccc(OC)cc1. The second kappa shape index (κ2) is 7.09. The molecule has 0 aromatic heterocycles. The van der Waals surface area contributed by atoms with Crippen LogP contribution in [0.25, 0.3) is 0 Å². The molecule has 0 radical (unpaired) electrons. The van der Waals surface area contributed by atoms with Crippen molar-refractivity contribution in [1.82, 2.24) is 0 Å². The third-order valence-electron chi connectivity index (χ3n) is 3.78. The zero-order valence-corrected chi connectivity index (χ0v) is 13.2. The Labute approximate surface area is 134 Å². The number of Topliss-reactive ketones (excluding diaryl/α,β-unsaturated/α-hetero) is 1. The van der Waals surface area contributed by atoms with Gasteiger partial charge in [-0.05, 0) is 31.2 Å². The first kappa shape index (κ1) is 16.7. The van der Waals surface area contributed by atoms with Gasteiger partial charge >= 0.3 is 5.97 Å². The molecule has 0 bridgehead atoms. The van der Waals surface area contributed by atoms with Gasteiger partial charge in [-0.2, -0.15) is 0 Å². The quantitative estimate of drug-likeness (QED) is 0.590. The van der Waals surface area contributed by atoms with E-state index in [4.69, 9.17) is 9.47 Å². The summed E-state index contributed by atoms with van der Waals surface area (Å²) in [7, 11) is 1.54. The highest BCUT2D eigenvalue weighted by Gasteiger charge is 2.47. The molecule has 1 aromatic carbocycles. The van der Waals surface area contributed by atoms with E-state index in [2.05, 4.69) is 6.58 Å². The highest BCUT2D eigenvalue weighted by Crippen LogP contribution is 2.33. The summed E-state index contributed by atoms with van der Waals surface area (Å²) in [6.07, 6.45) is 1.43. The van der Waals surface area contributed by atoms with Crippen molar-refractivity contribution in [2.45, 2.75) is 19.4 Å². The van der Waals surface area contributed by atoms with E-state index < -0.39 is 17.9 Å². The van der Waals surface area contributed by atoms with Crippen molar-refractivity contribution in [2.24, 2.45) is 5.92 Å². The summed E-state index contributed by atoms with van der Waals surface area (Å²) < 4.78 is 10.2. The zero-order chi connectivity index (χ0) is 17.0. The summed E-state index contributed by atoms with van der Waals surface area (Å²) in [5.41, 5.74) is 0.528. The minimum absolute atomic E-state index is 0.00474. The Bertz CT molecular complexity index is 622. The first-order valence-electron chi connectivity index (χ1n) is 7.23. The molecule has 2 rings (SSSR count). The summed E-state index contributed by atoms with van der Waals surface area (Å²) in [4.78, 5) is 37.8. The van der Waals surface area contributed by atoms with Crippen LogP contribution in [0.3, 0.4) is 0 Å². The number of ether oxygens (including phenoxy) is 2. The van der Waals surface area contributed by atoms with Crippen LogP contribution in [-0.4, -0.2) is 37.4 Å². The average Bonchev–Trinajstić information content (AvgIpc) is 2.90. The van der Waals surface area contributed by atoms with Crippen molar-refractivity contribution < 1.29 is 23.9 Å². The molecule has 6 nitrogen and oxygen atoms in total. The Balaban J connectivity index is 2.36. The van der Waals surface area contributed by atoms with E-state index in [1.165, 1.54) is 25.0 Å². The molecule has 1 aliphatic rings. The van der Waals surface area contributed by atoms with Crippen LogP contribution in [0.5, 0.6) is 5.75 Å². The minimum Gasteiger partial charge on any atom is -0.497 e. The number of nitrogens with zero attached hydrogens (tertiary/aromatic N) is 1. The van der Waals surface area contributed by atoms with Crippen molar-refractivity contribution in [3.63, 3.8) is 0 Å². The molecule has 1 amide bonds. The molecule has 122 valence electrons. The highest BCUT2D eigenvalue weighted by molar-refractivity contribution is 6.07. The Morgan fingerprint density at radius 1 is 1.35 bits per heavy atom. The molecule has 2 atom stereocenters. The number of amides is 1. The van der Waals surface area contributed by atoms with Crippen molar-refractivity contribution in [3.05, 3.63) is 36.9 Å². The van der Waals surface area contributed by atoms with Crippen LogP contribution >= 0.6 is 0 Å². The second-order valence-corrected chi connectivity index (χ2v) is 5.25. The first-order valence-corrected chi connectivity index (χ1v) is 7.23. The summed E-state index contributed by atoms with van der Waals surface area (Å²) in [5.74, 6) is -1.17. The van der Waals surface area contributed by atoms with E-state index >= 15 is 0 Å². The number of anilines is 1. The Hall–Kier alpha value is -2.63. The van der Waals surface area contributed by atoms with Gasteiger partial charge in [0.05, 0.1) is 13.0 Å². The number of hydrogen-bond donors (Lipinski definition) is 0. The van der Waals surface area contributed by atoms with Crippen LogP contribution in [0.4, 0.5) is 5.69 Å². The van der Waals surface area contributed by atoms with Gasteiger partial charge in [-0.1, -0.05) is 12.7 Å². The van der Waals surface area contributed by atoms with Crippen LogP contribution in [0.2, 0.25) is 0 Å². The van der Waals surface area contributed by atoms with Crippen LogP contribution in [0.15, 0.2) is 36.9 Å². The van der Waals surface area contributed by atoms with Crippen LogP contribution in [-0.2, 0) is 19.1 Å². The van der Waals surface area contributed by atoms with Crippen molar-refractivity contribution in [3.8, 4) is 5.75 Å². The summed E-state index contributed by atoms with van der Waals surface area (Å²) in [6, 6.07) is 5.78. The molecular formula is C17H19NO5. The topological polar surface area (TPSA) is 72.9 Å². The standard InChI is InChI=1S/C17H19NO5/c1-4-9-23-17(21)16-14(11(2)19)10-15(20)18(16)12-5-7-13(22-3)8-6-12/h4-8,14,16H,1,9-10H2,2-3H3. The van der Waals surface area contributed by atoms with E-state index in [1.54, 1.807) is 24.3 Å². The van der Waals surface area contributed by atoms with Crippen LogP contribution in [0, 0.1) is 5.92 Å². The lowest BCUT2D eigenvalue weighted by Crippen LogP contribution is -2.44. The van der Waals surface area contributed by atoms with Crippen molar-refractivity contribution in [1.29, 1.82) is 0 Å². The molecule has 1 fully saturated rings. The molecule has 1 heterocycles. The second-order valence-electron chi connectivity index (χ2n) is 5.25. The molecule has 0 N–H and O–H groups in total. The van der Waals surface area contributed by atoms with Gasteiger partial charge in [0.25, 0.3) is 0 Å². The van der Waals surface area contributed by atoms with Gasteiger partial charge in [0.2, 0.25) is 5.91 Å². The van der Waals surface area contributed by atoms with Gasteiger partial charge in [0.15, 0.2) is 0 Å². The summed E-state index contributed by atoms with van der Waals surface area (Å²) in [6.45, 7) is 4.90. The maximum Gasteiger partial charge on any atom is 0.330 e. The van der Waals surface area contributed by atoms with Gasteiger partial charge in [0, 0.05) is 12.1 Å². The van der Waals surface area contributed by atoms with Gasteiger partial charge < -0.3 is 9.47 Å². The Morgan fingerprint density at radius 3 is 2.52 bits per heavy atom. The maximum absolute atomic E-state index is 12.3. The largest absolute Gasteiger partial charge is 0.497 e. The molecule has 0 spiro atoms. The van der Waals surface area contributed by atoms with E-state index in [-0.39, 0.29) is 24.7 Å². The van der Waals surface area contributed by atoms with Gasteiger partial charge in [-0.3, -0.25) is 14.5 Å². The fraction of sp³-hybridized carbons (Fsp3) is 0.353. The lowest BCUT2D eigenvalue weighted by molar-refractivity contribution is -0.146. The van der Waals surface area contributed by atoms with Crippen LogP contribution in [0.1, 0.15) is 13.3 Å². The fourth-order valence-electron chi connectivity index (χ4n) is 2.64. The molecule has 23 heavy (non-hydrogen) atoms. The lowest BCUT2D eigenvalue weighted by atomic mass is 9.96. The zero-order valence-electron chi connectivity index (χ0n) is 13.2. The fourth-order valence-corrected chi connectivity index (χ4v) is 2.64. The number of hydrogen-bond acceptors (Lipinski definition) is 5. The molecule has 2 unspecified atom stereocenters. The maximum atomic E-state index is 12.3. The predicted molar refractivity (Wildman–Crippen MR) is 84.2 cm³/mol. The van der Waals surface area contributed by atoms with Gasteiger partial charge in [-0.15, -0.1) is 0 Å². The number of benzene rings is 1. The highest BCUT2D eigenvalue weighted by atomic mass is 16.5. The molecule has 1 saturated heterocycles. The molecule has 1 aliphatic heterocycles. The lowest BCUT2D eigenvalue weighted by Gasteiger charge is -2.25. The molecule has 6 heteroatoms. The van der Waals surface area contributed by atoms with Crippen LogP contribution < -0.4 is 9.64 Å². The molecule has 0 aliphatic carbocycles. The van der Waals surface area contributed by atoms with Gasteiger partial charge in [0.1, 0.15) is 24.2 Å². The minimum atomic E-state index is -0.951. The van der Waals surface area contributed by atoms with E-state index in [1.807, 2.05) is 0 Å². The normalized spacial score (nSPS) is 20.3. The van der Waals surface area contributed by atoms with E-state index in [0.29, 0.717) is 11.4 Å². The number of rotatable bonds is 6. The monoisotopic (exact) mass is 317 g/mol. The Kier molecular flexibility index (Phi) is 5.16. The summed E-state index contributed by atoms with van der Waals surface area (Å²) in [5, 5.41) is 0. The molecule has 1 aromatic rings. The number of methoxy groups -OCH3 is 1. The number of esters is 1. The van der Waals surface area contributed by atoms with Gasteiger partial charge in [-0.25, -0.2) is 4.79 Å². The number of carbonyl (C=O) groups excluding carboxylic acids is 3. The Morgan fingerprint density at radius 2 is 2.00 bits per heavy atom. The smallest absolute Gasteiger partial charge is 0.330 e. The van der Waals surface area contributed by atoms with E-state index in [9.17, 15) is 14.4 Å². The third kappa shape index (κ3) is 3.41. The average molecular weight is 317 g/mol. The number of carbonyl (C=O) groups is 3.